The van der Waals surface area contributed by atoms with E-state index in [1.807, 2.05) is 14.1 Å². The largest absolute Gasteiger partial charge is 0.378 e. The van der Waals surface area contributed by atoms with Gasteiger partial charge in [0.1, 0.15) is 17.7 Å². The molecule has 3 rings (SSSR count). The first kappa shape index (κ1) is 27.1. The molecule has 0 saturated carbocycles. The highest BCUT2D eigenvalue weighted by atomic mass is 35.5. The lowest BCUT2D eigenvalue weighted by atomic mass is 10.1. The minimum Gasteiger partial charge on any atom is -0.378 e. The van der Waals surface area contributed by atoms with Crippen LogP contribution in [0, 0.1) is 11.6 Å². The van der Waals surface area contributed by atoms with Gasteiger partial charge in [-0.2, -0.15) is 0 Å². The van der Waals surface area contributed by atoms with Crippen LogP contribution in [0.1, 0.15) is 25.7 Å². The van der Waals surface area contributed by atoms with Crippen LogP contribution >= 0.6 is 35.3 Å². The van der Waals surface area contributed by atoms with Gasteiger partial charge in [-0.25, -0.2) is 8.78 Å². The predicted molar refractivity (Wildman–Crippen MR) is 137 cm³/mol. The van der Waals surface area contributed by atoms with E-state index in [1.165, 1.54) is 18.2 Å². The summed E-state index contributed by atoms with van der Waals surface area (Å²) in [5, 5.41) is 3.49. The van der Waals surface area contributed by atoms with Crippen molar-refractivity contribution in [3.05, 3.63) is 53.1 Å². The number of carbonyl (C=O) groups excluding carboxylic acids is 1. The lowest BCUT2D eigenvalue weighted by Gasteiger charge is -2.23. The molecule has 0 bridgehead atoms. The summed E-state index contributed by atoms with van der Waals surface area (Å²) >= 11 is 9.03. The molecule has 1 heterocycles. The number of thioether (sulfide) groups is 1. The average molecular weight is 530 g/mol. The summed E-state index contributed by atoms with van der Waals surface area (Å²) in [7, 11) is 3.97. The zero-order chi connectivity index (χ0) is 24.5. The van der Waals surface area contributed by atoms with Crippen molar-refractivity contribution in [1.82, 2.24) is 9.62 Å². The Morgan fingerprint density at radius 1 is 1.21 bits per heavy atom. The number of carbonyl (C=O) groups is 1. The summed E-state index contributed by atoms with van der Waals surface area (Å²) < 4.78 is 36.4. The first-order valence-corrected chi connectivity index (χ1v) is 13.4. The van der Waals surface area contributed by atoms with Crippen LogP contribution in [0.5, 0.6) is 0 Å². The smallest absolute Gasteiger partial charge is 0.259 e. The molecule has 1 amide bonds. The Morgan fingerprint density at radius 2 is 1.97 bits per heavy atom. The molecule has 1 fully saturated rings. The van der Waals surface area contributed by atoms with Crippen LogP contribution in [0.2, 0.25) is 5.02 Å². The van der Waals surface area contributed by atoms with Crippen molar-refractivity contribution in [1.29, 1.82) is 0 Å². The summed E-state index contributed by atoms with van der Waals surface area (Å²) in [6, 6.07) is 9.25. The lowest BCUT2D eigenvalue weighted by molar-refractivity contribution is -0.133. The SMILES string of the molecule is CN(C)CCC(CSc1ccc(F)cc1)Nc1c(F)cc(SNC(=O)C2CCCCO2)cc1Cl. The van der Waals surface area contributed by atoms with Gasteiger partial charge in [-0.3, -0.25) is 9.52 Å². The molecule has 0 aliphatic carbocycles. The van der Waals surface area contributed by atoms with Gasteiger partial charge in [0, 0.05) is 28.2 Å². The van der Waals surface area contributed by atoms with Crippen LogP contribution in [0.3, 0.4) is 0 Å². The fourth-order valence-electron chi connectivity index (χ4n) is 3.41. The summed E-state index contributed by atoms with van der Waals surface area (Å²) in [5.41, 5.74) is 0.233. The Morgan fingerprint density at radius 3 is 2.62 bits per heavy atom. The van der Waals surface area contributed by atoms with Gasteiger partial charge in [0.25, 0.3) is 5.91 Å². The number of hydrogen-bond acceptors (Lipinski definition) is 6. The van der Waals surface area contributed by atoms with Gasteiger partial charge in [-0.15, -0.1) is 11.8 Å². The second-order valence-corrected chi connectivity index (χ2v) is 10.8. The van der Waals surface area contributed by atoms with E-state index in [-0.39, 0.29) is 28.5 Å². The number of rotatable bonds is 11. The molecule has 1 saturated heterocycles. The Balaban J connectivity index is 1.62. The maximum atomic E-state index is 15.0. The van der Waals surface area contributed by atoms with Gasteiger partial charge >= 0.3 is 0 Å². The van der Waals surface area contributed by atoms with E-state index in [9.17, 15) is 9.18 Å². The molecule has 10 heteroatoms. The van der Waals surface area contributed by atoms with Gasteiger partial charge in [0.05, 0.1) is 10.7 Å². The van der Waals surface area contributed by atoms with E-state index in [0.717, 1.165) is 42.7 Å². The van der Waals surface area contributed by atoms with Gasteiger partial charge in [-0.05, 0) is 94.7 Å². The van der Waals surface area contributed by atoms with Crippen LogP contribution in [0.25, 0.3) is 0 Å². The van der Waals surface area contributed by atoms with Crippen molar-refractivity contribution >= 4 is 46.9 Å². The van der Waals surface area contributed by atoms with E-state index >= 15 is 4.39 Å². The molecule has 0 aromatic heterocycles. The number of nitrogens with zero attached hydrogens (tertiary/aromatic N) is 1. The Kier molecular flexibility index (Phi) is 10.8. The third kappa shape index (κ3) is 8.61. The average Bonchev–Trinajstić information content (AvgIpc) is 2.82. The second kappa shape index (κ2) is 13.5. The third-order valence-corrected chi connectivity index (χ3v) is 7.54. The number of hydrogen-bond donors (Lipinski definition) is 2. The molecule has 5 nitrogen and oxygen atoms in total. The molecule has 1 aliphatic heterocycles. The van der Waals surface area contributed by atoms with Gasteiger partial charge in [0.2, 0.25) is 0 Å². The van der Waals surface area contributed by atoms with Crippen molar-refractivity contribution in [2.45, 2.75) is 47.6 Å². The Bertz CT molecular complexity index is 921. The summed E-state index contributed by atoms with van der Waals surface area (Å²) in [5.74, 6) is -0.325. The number of benzene rings is 2. The molecule has 186 valence electrons. The highest BCUT2D eigenvalue weighted by molar-refractivity contribution is 7.99. The van der Waals surface area contributed by atoms with Crippen LogP contribution in [0.4, 0.5) is 14.5 Å². The van der Waals surface area contributed by atoms with Crippen LogP contribution < -0.4 is 10.0 Å². The summed E-state index contributed by atoms with van der Waals surface area (Å²) in [4.78, 5) is 15.8. The zero-order valence-corrected chi connectivity index (χ0v) is 21.7. The molecule has 2 atom stereocenters. The molecule has 2 aromatic rings. The number of nitrogens with one attached hydrogen (secondary N) is 2. The van der Waals surface area contributed by atoms with E-state index in [4.69, 9.17) is 16.3 Å². The van der Waals surface area contributed by atoms with Gasteiger partial charge in [-0.1, -0.05) is 11.6 Å². The fraction of sp³-hybridized carbons (Fsp3) is 0.458. The topological polar surface area (TPSA) is 53.6 Å². The predicted octanol–water partition coefficient (Wildman–Crippen LogP) is 5.84. The van der Waals surface area contributed by atoms with Gasteiger partial charge < -0.3 is 15.0 Å². The molecule has 1 aliphatic rings. The van der Waals surface area contributed by atoms with Crippen LogP contribution in [0.15, 0.2) is 46.2 Å². The molecule has 0 radical (unpaired) electrons. The molecule has 2 N–H and O–H groups in total. The number of halogens is 3. The van der Waals surface area contributed by atoms with Crippen molar-refractivity contribution in [2.24, 2.45) is 0 Å². The number of ether oxygens (including phenoxy) is 1. The minimum atomic E-state index is -0.486. The minimum absolute atomic E-state index is 0.0638. The van der Waals surface area contributed by atoms with Crippen LogP contribution in [-0.2, 0) is 9.53 Å². The van der Waals surface area contributed by atoms with Crippen molar-refractivity contribution in [3.8, 4) is 0 Å². The molecule has 0 spiro atoms. The molecule has 2 unspecified atom stereocenters. The monoisotopic (exact) mass is 529 g/mol. The van der Waals surface area contributed by atoms with E-state index in [0.29, 0.717) is 23.7 Å². The Hall–Kier alpha value is -1.52. The molecule has 2 aromatic carbocycles. The fourth-order valence-corrected chi connectivity index (χ4v) is 5.40. The van der Waals surface area contributed by atoms with E-state index < -0.39 is 11.9 Å². The van der Waals surface area contributed by atoms with E-state index in [1.54, 1.807) is 30.0 Å². The Labute approximate surface area is 213 Å². The highest BCUT2D eigenvalue weighted by Gasteiger charge is 2.22. The maximum Gasteiger partial charge on any atom is 0.259 e. The summed E-state index contributed by atoms with van der Waals surface area (Å²) in [6.07, 6.45) is 2.92. The zero-order valence-electron chi connectivity index (χ0n) is 19.3. The number of amides is 1. The van der Waals surface area contributed by atoms with Crippen LogP contribution in [-0.4, -0.2) is 56.0 Å². The molecular weight excluding hydrogens is 500 g/mol. The summed E-state index contributed by atoms with van der Waals surface area (Å²) in [6.45, 7) is 1.39. The standard InChI is InChI=1S/C24H30ClF2N3O2S2/c1-30(2)11-10-17(15-33-18-8-6-16(26)7-9-18)28-23-20(25)13-19(14-21(23)27)34-29-24(31)22-5-3-4-12-32-22/h6-9,13-14,17,22,28H,3-5,10-12,15H2,1-2H3,(H,29,31). The van der Waals surface area contributed by atoms with Gasteiger partial charge in [0.15, 0.2) is 0 Å². The van der Waals surface area contributed by atoms with Crippen molar-refractivity contribution in [2.75, 3.05) is 38.3 Å². The molecular formula is C24H30ClF2N3O2S2. The van der Waals surface area contributed by atoms with E-state index in [2.05, 4.69) is 14.9 Å². The normalized spacial score (nSPS) is 16.9. The first-order valence-electron chi connectivity index (χ1n) is 11.2. The molecule has 34 heavy (non-hydrogen) atoms. The first-order chi connectivity index (χ1) is 16.3. The number of anilines is 1. The maximum absolute atomic E-state index is 15.0. The highest BCUT2D eigenvalue weighted by Crippen LogP contribution is 2.32. The second-order valence-electron chi connectivity index (χ2n) is 8.38. The quantitative estimate of drug-likeness (QED) is 0.282. The third-order valence-electron chi connectivity index (χ3n) is 5.30. The van der Waals surface area contributed by atoms with Crippen molar-refractivity contribution in [3.63, 3.8) is 0 Å². The lowest BCUT2D eigenvalue weighted by Crippen LogP contribution is -2.35. The van der Waals surface area contributed by atoms with Crippen molar-refractivity contribution < 1.29 is 18.3 Å².